The summed E-state index contributed by atoms with van der Waals surface area (Å²) >= 11 is 0. The van der Waals surface area contributed by atoms with E-state index in [4.69, 9.17) is 10.5 Å². The van der Waals surface area contributed by atoms with E-state index in [1.807, 2.05) is 31.2 Å². The summed E-state index contributed by atoms with van der Waals surface area (Å²) in [6.07, 6.45) is 0. The monoisotopic (exact) mass is 193 g/mol. The molecule has 0 bridgehead atoms. The second-order valence-electron chi connectivity index (χ2n) is 3.43. The predicted molar refractivity (Wildman–Crippen MR) is 55.0 cm³/mol. The molecule has 3 heteroatoms. The van der Waals surface area contributed by atoms with E-state index in [0.29, 0.717) is 6.61 Å². The lowest BCUT2D eigenvalue weighted by Gasteiger charge is -2.09. The molecular formula is C11H15NO2. The number of amides is 1. The lowest BCUT2D eigenvalue weighted by atomic mass is 10.2. The third-order valence-electron chi connectivity index (χ3n) is 2.01. The predicted octanol–water partition coefficient (Wildman–Crippen LogP) is 1.50. The van der Waals surface area contributed by atoms with E-state index in [2.05, 4.69) is 0 Å². The van der Waals surface area contributed by atoms with Crippen LogP contribution in [0.25, 0.3) is 0 Å². The number of ether oxygens (including phenoxy) is 1. The molecule has 14 heavy (non-hydrogen) atoms. The van der Waals surface area contributed by atoms with Crippen LogP contribution < -0.4 is 10.5 Å². The van der Waals surface area contributed by atoms with Crippen LogP contribution in [-0.2, 0) is 4.79 Å². The van der Waals surface area contributed by atoms with Crippen LogP contribution in [0.2, 0.25) is 0 Å². The minimum absolute atomic E-state index is 0.253. The standard InChI is InChI=1S/C11H15NO2/c1-8-3-5-10(6-4-8)14-7-9(2)11(12)13/h3-6,9H,7H2,1-2H3,(H2,12,13). The van der Waals surface area contributed by atoms with Gasteiger partial charge in [-0.05, 0) is 19.1 Å². The van der Waals surface area contributed by atoms with Crippen molar-refractivity contribution in [2.45, 2.75) is 13.8 Å². The highest BCUT2D eigenvalue weighted by Crippen LogP contribution is 2.12. The van der Waals surface area contributed by atoms with Gasteiger partial charge in [-0.1, -0.05) is 24.6 Å². The highest BCUT2D eigenvalue weighted by atomic mass is 16.5. The number of benzene rings is 1. The molecule has 2 N–H and O–H groups in total. The van der Waals surface area contributed by atoms with E-state index < -0.39 is 0 Å². The number of aryl methyl sites for hydroxylation is 1. The van der Waals surface area contributed by atoms with Gasteiger partial charge in [0.1, 0.15) is 5.75 Å². The second-order valence-corrected chi connectivity index (χ2v) is 3.43. The van der Waals surface area contributed by atoms with Crippen LogP contribution in [0.3, 0.4) is 0 Å². The molecule has 1 amide bonds. The molecule has 1 unspecified atom stereocenters. The fraction of sp³-hybridized carbons (Fsp3) is 0.364. The van der Waals surface area contributed by atoms with Gasteiger partial charge in [0.15, 0.2) is 0 Å². The van der Waals surface area contributed by atoms with Crippen molar-refractivity contribution in [3.05, 3.63) is 29.8 Å². The number of primary amides is 1. The lowest BCUT2D eigenvalue weighted by Crippen LogP contribution is -2.25. The van der Waals surface area contributed by atoms with E-state index in [0.717, 1.165) is 5.75 Å². The van der Waals surface area contributed by atoms with Crippen LogP contribution in [-0.4, -0.2) is 12.5 Å². The summed E-state index contributed by atoms with van der Waals surface area (Å²) in [6.45, 7) is 4.09. The molecule has 1 rings (SSSR count). The number of hydrogen-bond acceptors (Lipinski definition) is 2. The van der Waals surface area contributed by atoms with Gasteiger partial charge >= 0.3 is 0 Å². The molecule has 0 fully saturated rings. The topological polar surface area (TPSA) is 52.3 Å². The van der Waals surface area contributed by atoms with Gasteiger partial charge in [-0.2, -0.15) is 0 Å². The van der Waals surface area contributed by atoms with Crippen molar-refractivity contribution < 1.29 is 9.53 Å². The summed E-state index contributed by atoms with van der Waals surface area (Å²) in [5.74, 6) is 0.178. The first-order valence-electron chi connectivity index (χ1n) is 4.58. The van der Waals surface area contributed by atoms with Gasteiger partial charge in [-0.15, -0.1) is 0 Å². The molecule has 0 aliphatic carbocycles. The molecule has 0 aliphatic rings. The Balaban J connectivity index is 2.46. The summed E-state index contributed by atoms with van der Waals surface area (Å²) in [7, 11) is 0. The fourth-order valence-electron chi connectivity index (χ4n) is 0.938. The Morgan fingerprint density at radius 3 is 2.50 bits per heavy atom. The number of carbonyl (C=O) groups excluding carboxylic acids is 1. The molecule has 1 aromatic rings. The molecule has 0 spiro atoms. The first kappa shape index (κ1) is 10.6. The lowest BCUT2D eigenvalue weighted by molar-refractivity contribution is -0.122. The molecule has 3 nitrogen and oxygen atoms in total. The van der Waals surface area contributed by atoms with E-state index in [1.165, 1.54) is 5.56 Å². The van der Waals surface area contributed by atoms with Gasteiger partial charge in [0.05, 0.1) is 12.5 Å². The minimum atomic E-state index is -0.336. The zero-order chi connectivity index (χ0) is 10.6. The van der Waals surface area contributed by atoms with Crippen LogP contribution >= 0.6 is 0 Å². The van der Waals surface area contributed by atoms with E-state index >= 15 is 0 Å². The van der Waals surface area contributed by atoms with Crippen molar-refractivity contribution in [3.8, 4) is 5.75 Å². The third-order valence-corrected chi connectivity index (χ3v) is 2.01. The summed E-state index contributed by atoms with van der Waals surface area (Å²) in [5, 5.41) is 0. The Hall–Kier alpha value is -1.51. The average molecular weight is 193 g/mol. The Morgan fingerprint density at radius 1 is 1.43 bits per heavy atom. The average Bonchev–Trinajstić information content (AvgIpc) is 2.16. The summed E-state index contributed by atoms with van der Waals surface area (Å²) in [5.41, 5.74) is 6.29. The van der Waals surface area contributed by atoms with Gasteiger partial charge in [0.2, 0.25) is 5.91 Å². The zero-order valence-electron chi connectivity index (χ0n) is 8.49. The van der Waals surface area contributed by atoms with Crippen LogP contribution in [0.5, 0.6) is 5.75 Å². The van der Waals surface area contributed by atoms with E-state index in [1.54, 1.807) is 6.92 Å². The van der Waals surface area contributed by atoms with Crippen molar-refractivity contribution in [2.75, 3.05) is 6.61 Å². The first-order valence-corrected chi connectivity index (χ1v) is 4.58. The van der Waals surface area contributed by atoms with E-state index in [-0.39, 0.29) is 11.8 Å². The Bertz CT molecular complexity index is 306. The molecule has 0 heterocycles. The van der Waals surface area contributed by atoms with Crippen LogP contribution in [0.4, 0.5) is 0 Å². The number of hydrogen-bond donors (Lipinski definition) is 1. The van der Waals surface area contributed by atoms with Crippen LogP contribution in [0.15, 0.2) is 24.3 Å². The highest BCUT2D eigenvalue weighted by molar-refractivity contribution is 5.76. The molecule has 76 valence electrons. The smallest absolute Gasteiger partial charge is 0.223 e. The fourth-order valence-corrected chi connectivity index (χ4v) is 0.938. The van der Waals surface area contributed by atoms with Crippen LogP contribution in [0, 0.1) is 12.8 Å². The molecule has 0 saturated heterocycles. The van der Waals surface area contributed by atoms with Gasteiger partial charge < -0.3 is 10.5 Å². The van der Waals surface area contributed by atoms with Gasteiger partial charge in [0.25, 0.3) is 0 Å². The minimum Gasteiger partial charge on any atom is -0.493 e. The van der Waals surface area contributed by atoms with E-state index in [9.17, 15) is 4.79 Å². The normalized spacial score (nSPS) is 12.1. The highest BCUT2D eigenvalue weighted by Gasteiger charge is 2.08. The summed E-state index contributed by atoms with van der Waals surface area (Å²) < 4.78 is 5.38. The third kappa shape index (κ3) is 3.09. The van der Waals surface area contributed by atoms with Crippen molar-refractivity contribution in [1.82, 2.24) is 0 Å². The SMILES string of the molecule is Cc1ccc(OCC(C)C(N)=O)cc1. The van der Waals surface area contributed by atoms with Crippen molar-refractivity contribution in [2.24, 2.45) is 11.7 Å². The maximum absolute atomic E-state index is 10.7. The Kier molecular flexibility index (Phi) is 3.51. The number of carbonyl (C=O) groups is 1. The zero-order valence-corrected chi connectivity index (χ0v) is 8.49. The van der Waals surface area contributed by atoms with Crippen molar-refractivity contribution in [1.29, 1.82) is 0 Å². The molecule has 0 saturated carbocycles. The van der Waals surface area contributed by atoms with Gasteiger partial charge in [0, 0.05) is 0 Å². The quantitative estimate of drug-likeness (QED) is 0.787. The number of nitrogens with two attached hydrogens (primary N) is 1. The van der Waals surface area contributed by atoms with Gasteiger partial charge in [-0.25, -0.2) is 0 Å². The molecule has 0 radical (unpaired) electrons. The molecule has 0 aliphatic heterocycles. The summed E-state index contributed by atoms with van der Waals surface area (Å²) in [6, 6.07) is 7.68. The van der Waals surface area contributed by atoms with Crippen molar-refractivity contribution >= 4 is 5.91 Å². The largest absolute Gasteiger partial charge is 0.493 e. The maximum Gasteiger partial charge on any atom is 0.223 e. The Morgan fingerprint density at radius 2 is 2.00 bits per heavy atom. The van der Waals surface area contributed by atoms with Crippen LogP contribution in [0.1, 0.15) is 12.5 Å². The number of rotatable bonds is 4. The molecular weight excluding hydrogens is 178 g/mol. The Labute approximate surface area is 83.9 Å². The second kappa shape index (κ2) is 4.65. The maximum atomic E-state index is 10.7. The molecule has 0 aromatic heterocycles. The summed E-state index contributed by atoms with van der Waals surface area (Å²) in [4.78, 5) is 10.7. The van der Waals surface area contributed by atoms with Gasteiger partial charge in [-0.3, -0.25) is 4.79 Å². The molecule has 1 atom stereocenters. The molecule has 1 aromatic carbocycles. The van der Waals surface area contributed by atoms with Crippen molar-refractivity contribution in [3.63, 3.8) is 0 Å². The first-order chi connectivity index (χ1) is 6.59.